The zero-order valence-electron chi connectivity index (χ0n) is 17.4. The molecule has 0 saturated carbocycles. The summed E-state index contributed by atoms with van der Waals surface area (Å²) in [5.74, 6) is 6.28. The molecule has 1 aliphatic heterocycles. The van der Waals surface area contributed by atoms with Gasteiger partial charge < -0.3 is 15.5 Å². The summed E-state index contributed by atoms with van der Waals surface area (Å²) in [6, 6.07) is 15.2. The summed E-state index contributed by atoms with van der Waals surface area (Å²) in [7, 11) is 2.10. The smallest absolute Gasteiger partial charge is 0.223 e. The third-order valence-electron chi connectivity index (χ3n) is 5.58. The fraction of sp³-hybridized carbons (Fsp3) is 0.400. The van der Waals surface area contributed by atoms with Crippen molar-refractivity contribution in [2.24, 2.45) is 5.92 Å². The highest BCUT2D eigenvalue weighted by molar-refractivity contribution is 5.86. The lowest BCUT2D eigenvalue weighted by atomic mass is 9.96. The van der Waals surface area contributed by atoms with Crippen LogP contribution in [0.15, 0.2) is 54.6 Å². The van der Waals surface area contributed by atoms with Crippen LogP contribution in [-0.2, 0) is 4.79 Å². The number of likely N-dealkylation sites (tertiary alicyclic amines) is 1. The number of allylic oxidation sites excluding steroid dienone is 1. The highest BCUT2D eigenvalue weighted by Crippen LogP contribution is 2.23. The summed E-state index contributed by atoms with van der Waals surface area (Å²) in [6.07, 6.45) is 5.75. The Labute approximate surface area is 174 Å². The van der Waals surface area contributed by atoms with Gasteiger partial charge in [-0.2, -0.15) is 0 Å². The van der Waals surface area contributed by atoms with Gasteiger partial charge in [0, 0.05) is 18.5 Å². The predicted molar refractivity (Wildman–Crippen MR) is 121 cm³/mol. The van der Waals surface area contributed by atoms with E-state index in [1.165, 1.54) is 16.3 Å². The van der Waals surface area contributed by atoms with E-state index in [2.05, 4.69) is 83.8 Å². The number of benzene rings is 2. The Morgan fingerprint density at radius 3 is 2.79 bits per heavy atom. The first kappa shape index (κ1) is 21.1. The predicted octanol–water partition coefficient (Wildman–Crippen LogP) is 3.51. The summed E-state index contributed by atoms with van der Waals surface area (Å²) in [5, 5.41) is 9.01. The van der Waals surface area contributed by atoms with Crippen LogP contribution in [0.4, 0.5) is 0 Å². The van der Waals surface area contributed by atoms with Crippen molar-refractivity contribution in [2.45, 2.75) is 25.8 Å². The van der Waals surface area contributed by atoms with Crippen LogP contribution in [0.5, 0.6) is 0 Å². The number of fused-ring (bicyclic) bond motifs is 1. The number of nitrogens with one attached hydrogen (secondary N) is 2. The van der Waals surface area contributed by atoms with Gasteiger partial charge in [0.15, 0.2) is 0 Å². The molecule has 0 unspecified atom stereocenters. The highest BCUT2D eigenvalue weighted by atomic mass is 16.1. The van der Waals surface area contributed by atoms with Crippen LogP contribution in [0.25, 0.3) is 10.8 Å². The number of hydrogen-bond acceptors (Lipinski definition) is 3. The van der Waals surface area contributed by atoms with Crippen molar-refractivity contribution in [2.75, 3.05) is 33.2 Å². The number of amides is 1. The first-order valence-corrected chi connectivity index (χ1v) is 10.5. The summed E-state index contributed by atoms with van der Waals surface area (Å²) in [4.78, 5) is 14.4. The Morgan fingerprint density at radius 1 is 1.21 bits per heavy atom. The van der Waals surface area contributed by atoms with Crippen molar-refractivity contribution in [3.8, 4) is 11.8 Å². The van der Waals surface area contributed by atoms with Crippen LogP contribution in [0, 0.1) is 17.8 Å². The molecule has 0 aromatic heterocycles. The Balaban J connectivity index is 1.38. The monoisotopic (exact) mass is 389 g/mol. The number of piperidine rings is 1. The molecule has 1 heterocycles. The maximum atomic E-state index is 12.1. The molecule has 2 aromatic rings. The van der Waals surface area contributed by atoms with Gasteiger partial charge >= 0.3 is 0 Å². The highest BCUT2D eigenvalue weighted by Gasteiger charge is 2.22. The second-order valence-electron chi connectivity index (χ2n) is 7.72. The van der Waals surface area contributed by atoms with Crippen molar-refractivity contribution >= 4 is 16.7 Å². The topological polar surface area (TPSA) is 44.4 Å². The lowest BCUT2D eigenvalue weighted by Crippen LogP contribution is -2.39. The number of nitrogens with zero attached hydrogens (tertiary/aromatic N) is 1. The van der Waals surface area contributed by atoms with Crippen LogP contribution in [-0.4, -0.2) is 44.0 Å². The second-order valence-corrected chi connectivity index (χ2v) is 7.72. The molecule has 0 radical (unpaired) electrons. The van der Waals surface area contributed by atoms with Gasteiger partial charge in [0.05, 0.1) is 6.54 Å². The van der Waals surface area contributed by atoms with E-state index in [1.54, 1.807) is 0 Å². The number of carbonyl (C=O) groups is 1. The summed E-state index contributed by atoms with van der Waals surface area (Å²) >= 11 is 0. The molecule has 1 aliphatic rings. The normalized spacial score (nSPS) is 16.5. The van der Waals surface area contributed by atoms with E-state index in [0.717, 1.165) is 32.5 Å². The molecule has 0 spiro atoms. The van der Waals surface area contributed by atoms with Gasteiger partial charge in [-0.15, -0.1) is 0 Å². The van der Waals surface area contributed by atoms with Gasteiger partial charge in [0.2, 0.25) is 5.91 Å². The van der Waals surface area contributed by atoms with Gasteiger partial charge in [0.25, 0.3) is 0 Å². The number of rotatable bonds is 6. The molecule has 4 nitrogen and oxygen atoms in total. The van der Waals surface area contributed by atoms with E-state index in [9.17, 15) is 4.79 Å². The fourth-order valence-electron chi connectivity index (χ4n) is 3.76. The second kappa shape index (κ2) is 10.8. The summed E-state index contributed by atoms with van der Waals surface area (Å²) < 4.78 is 0. The van der Waals surface area contributed by atoms with Crippen LogP contribution >= 0.6 is 0 Å². The lowest BCUT2D eigenvalue weighted by Gasteiger charge is -2.27. The van der Waals surface area contributed by atoms with Crippen LogP contribution in [0.3, 0.4) is 0 Å². The molecule has 1 amide bonds. The molecule has 4 heteroatoms. The Kier molecular flexibility index (Phi) is 7.86. The molecule has 1 saturated heterocycles. The third kappa shape index (κ3) is 6.19. The minimum atomic E-state index is 0.141. The molecular weight excluding hydrogens is 358 g/mol. The van der Waals surface area contributed by atoms with Crippen LogP contribution in [0.1, 0.15) is 31.4 Å². The number of carbonyl (C=O) groups excluding carboxylic acids is 1. The number of hydrogen-bond donors (Lipinski definition) is 2. The minimum Gasteiger partial charge on any atom is -0.345 e. The van der Waals surface area contributed by atoms with Crippen LogP contribution in [0.2, 0.25) is 0 Å². The quantitative estimate of drug-likeness (QED) is 0.743. The van der Waals surface area contributed by atoms with Gasteiger partial charge in [0.1, 0.15) is 0 Å². The van der Waals surface area contributed by atoms with E-state index in [4.69, 9.17) is 0 Å². The average Bonchev–Trinajstić information content (AvgIpc) is 2.75. The molecule has 29 heavy (non-hydrogen) atoms. The minimum absolute atomic E-state index is 0.141. The molecular formula is C25H31N3O. The van der Waals surface area contributed by atoms with Gasteiger partial charge in [-0.3, -0.25) is 4.79 Å². The van der Waals surface area contributed by atoms with E-state index in [1.807, 2.05) is 12.2 Å². The largest absolute Gasteiger partial charge is 0.345 e. The SMILES string of the molecule is C[C@@H](NCC=CC#CCNC(=O)C1CCN(C)CC1)c1cccc2ccccc12. The molecule has 152 valence electrons. The molecule has 3 rings (SSSR count). The molecule has 0 aliphatic carbocycles. The Bertz CT molecular complexity index is 896. The molecule has 0 bridgehead atoms. The molecule has 2 aromatic carbocycles. The molecule has 1 fully saturated rings. The molecule has 2 N–H and O–H groups in total. The summed E-state index contributed by atoms with van der Waals surface area (Å²) in [6.45, 7) is 5.34. The summed E-state index contributed by atoms with van der Waals surface area (Å²) in [5.41, 5.74) is 1.30. The van der Waals surface area contributed by atoms with E-state index in [0.29, 0.717) is 6.54 Å². The first-order chi connectivity index (χ1) is 14.1. The van der Waals surface area contributed by atoms with Crippen molar-refractivity contribution in [3.05, 3.63) is 60.2 Å². The lowest BCUT2D eigenvalue weighted by molar-refractivity contribution is -0.126. The Morgan fingerprint density at radius 2 is 1.97 bits per heavy atom. The van der Waals surface area contributed by atoms with Gasteiger partial charge in [-0.25, -0.2) is 0 Å². The average molecular weight is 390 g/mol. The van der Waals surface area contributed by atoms with Crippen LogP contribution < -0.4 is 10.6 Å². The zero-order valence-corrected chi connectivity index (χ0v) is 17.4. The van der Waals surface area contributed by atoms with E-state index < -0.39 is 0 Å². The zero-order chi connectivity index (χ0) is 20.5. The van der Waals surface area contributed by atoms with Crippen molar-refractivity contribution < 1.29 is 4.79 Å². The Hall–Kier alpha value is -2.61. The van der Waals surface area contributed by atoms with Crippen molar-refractivity contribution in [1.82, 2.24) is 15.5 Å². The standard InChI is InChI=1S/C25H31N3O/c1-20(23-13-9-11-21-10-5-6-12-24(21)23)26-16-7-3-4-8-17-27-25(29)22-14-18-28(2)19-15-22/h3,5-7,9-13,20,22,26H,14-19H2,1-2H3,(H,27,29)/t20-/m1/s1. The maximum Gasteiger partial charge on any atom is 0.223 e. The van der Waals surface area contributed by atoms with Crippen molar-refractivity contribution in [3.63, 3.8) is 0 Å². The first-order valence-electron chi connectivity index (χ1n) is 10.5. The van der Waals surface area contributed by atoms with E-state index in [-0.39, 0.29) is 17.9 Å². The third-order valence-corrected chi connectivity index (χ3v) is 5.58. The van der Waals surface area contributed by atoms with Gasteiger partial charge in [-0.05, 0) is 62.3 Å². The maximum absolute atomic E-state index is 12.1. The molecule has 1 atom stereocenters. The van der Waals surface area contributed by atoms with Crippen molar-refractivity contribution in [1.29, 1.82) is 0 Å². The van der Waals surface area contributed by atoms with Gasteiger partial charge in [-0.1, -0.05) is 60.4 Å². The van der Waals surface area contributed by atoms with E-state index >= 15 is 0 Å². The fourth-order valence-corrected chi connectivity index (χ4v) is 3.76.